The van der Waals surface area contributed by atoms with E-state index >= 15 is 0 Å². The second-order valence-corrected chi connectivity index (χ2v) is 8.49. The number of nitrogens with two attached hydrogens (primary N) is 1. The number of carbonyl (C=O) groups is 4. The van der Waals surface area contributed by atoms with E-state index in [2.05, 4.69) is 10.6 Å². The number of imide groups is 1. The van der Waals surface area contributed by atoms with Crippen molar-refractivity contribution in [1.29, 1.82) is 0 Å². The van der Waals surface area contributed by atoms with Gasteiger partial charge in [0.05, 0.1) is 25.5 Å². The van der Waals surface area contributed by atoms with Crippen LogP contribution in [0.25, 0.3) is 0 Å². The molecule has 3 aliphatic rings. The number of rotatable bonds is 5. The van der Waals surface area contributed by atoms with Crippen molar-refractivity contribution in [3.8, 4) is 5.75 Å². The van der Waals surface area contributed by atoms with E-state index in [1.165, 1.54) is 25.3 Å². The summed E-state index contributed by atoms with van der Waals surface area (Å²) in [6, 6.07) is 9.81. The molecular formula is C23H21FN4O5. The highest BCUT2D eigenvalue weighted by Crippen LogP contribution is 2.53. The highest BCUT2D eigenvalue weighted by molar-refractivity contribution is 6.15. The average Bonchev–Trinajstić information content (AvgIpc) is 3.34. The van der Waals surface area contributed by atoms with Crippen molar-refractivity contribution in [3.63, 3.8) is 0 Å². The van der Waals surface area contributed by atoms with Gasteiger partial charge in [0.25, 0.3) is 0 Å². The van der Waals surface area contributed by atoms with Gasteiger partial charge in [0, 0.05) is 23.7 Å². The second kappa shape index (κ2) is 7.38. The van der Waals surface area contributed by atoms with E-state index in [0.717, 1.165) is 4.90 Å². The number of anilines is 1. The lowest BCUT2D eigenvalue weighted by Gasteiger charge is -2.29. The summed E-state index contributed by atoms with van der Waals surface area (Å²) in [7, 11) is 1.53. The lowest BCUT2D eigenvalue weighted by atomic mass is 9.76. The predicted molar refractivity (Wildman–Crippen MR) is 113 cm³/mol. The highest BCUT2D eigenvalue weighted by atomic mass is 19.1. The fourth-order valence-electron chi connectivity index (χ4n) is 5.29. The zero-order chi connectivity index (χ0) is 23.5. The Labute approximate surface area is 188 Å². The molecule has 0 aliphatic carbocycles. The van der Waals surface area contributed by atoms with Crippen LogP contribution in [0.15, 0.2) is 42.5 Å². The molecule has 1 spiro atoms. The molecule has 33 heavy (non-hydrogen) atoms. The quantitative estimate of drug-likeness (QED) is 0.571. The Kier molecular flexibility index (Phi) is 4.71. The molecule has 170 valence electrons. The van der Waals surface area contributed by atoms with Crippen LogP contribution in [0, 0.1) is 17.7 Å². The number of methoxy groups -OCH3 is 1. The van der Waals surface area contributed by atoms with Gasteiger partial charge in [-0.05, 0) is 35.9 Å². The molecule has 2 aromatic carbocycles. The van der Waals surface area contributed by atoms with Gasteiger partial charge >= 0.3 is 0 Å². The summed E-state index contributed by atoms with van der Waals surface area (Å²) in [5.74, 6) is -4.43. The minimum Gasteiger partial charge on any atom is -0.497 e. The first-order valence-corrected chi connectivity index (χ1v) is 10.4. The molecule has 9 nitrogen and oxygen atoms in total. The Hall–Kier alpha value is -3.79. The third-order valence-electron chi connectivity index (χ3n) is 6.69. The van der Waals surface area contributed by atoms with Crippen LogP contribution in [-0.4, -0.2) is 41.7 Å². The minimum absolute atomic E-state index is 0.00827. The topological polar surface area (TPSA) is 131 Å². The average molecular weight is 452 g/mol. The standard InChI is InChI=1S/C23H21FN4O5/c1-33-13-5-2-11(3-6-13)10-28-20(30)18-16(9-17(25)29)27-23(19(18)21(28)31)14-8-12(24)4-7-15(14)26-22(23)32/h2-8,16,18-19,27H,9-10H2,1H3,(H2,25,29)(H,26,32)/t16-,18+,19-,23+/m0/s1. The summed E-state index contributed by atoms with van der Waals surface area (Å²) in [4.78, 5) is 53.1. The molecule has 10 heteroatoms. The van der Waals surface area contributed by atoms with Gasteiger partial charge in [-0.15, -0.1) is 0 Å². The van der Waals surface area contributed by atoms with Crippen LogP contribution in [0.2, 0.25) is 0 Å². The number of primary amides is 1. The van der Waals surface area contributed by atoms with Gasteiger partial charge in [0.15, 0.2) is 0 Å². The van der Waals surface area contributed by atoms with Crippen LogP contribution in [0.4, 0.5) is 10.1 Å². The van der Waals surface area contributed by atoms with Gasteiger partial charge in [0.1, 0.15) is 17.1 Å². The Balaban J connectivity index is 1.57. The Bertz CT molecular complexity index is 1200. The first kappa shape index (κ1) is 21.1. The summed E-state index contributed by atoms with van der Waals surface area (Å²) in [5, 5.41) is 5.71. The van der Waals surface area contributed by atoms with Crippen LogP contribution in [0.5, 0.6) is 5.75 Å². The monoisotopic (exact) mass is 452 g/mol. The first-order valence-electron chi connectivity index (χ1n) is 10.4. The van der Waals surface area contributed by atoms with Crippen molar-refractivity contribution in [2.45, 2.75) is 24.5 Å². The van der Waals surface area contributed by atoms with Crippen molar-refractivity contribution in [2.75, 3.05) is 12.4 Å². The van der Waals surface area contributed by atoms with Gasteiger partial charge < -0.3 is 15.8 Å². The number of benzene rings is 2. The SMILES string of the molecule is COc1ccc(CN2C(=O)[C@@H]3[C@H](CC(N)=O)N[C@@]4(C(=O)Nc5ccc(F)cc54)[C@@H]3C2=O)cc1. The number of halogens is 1. The molecule has 4 N–H and O–H groups in total. The summed E-state index contributed by atoms with van der Waals surface area (Å²) in [5.41, 5.74) is 5.00. The number of amides is 4. The maximum Gasteiger partial charge on any atom is 0.250 e. The first-order chi connectivity index (χ1) is 15.8. The molecule has 0 saturated carbocycles. The van der Waals surface area contributed by atoms with Crippen molar-refractivity contribution >= 4 is 29.3 Å². The molecule has 3 aliphatic heterocycles. The number of ether oxygens (including phenoxy) is 1. The van der Waals surface area contributed by atoms with Gasteiger partial charge in [-0.3, -0.25) is 29.4 Å². The summed E-state index contributed by atoms with van der Waals surface area (Å²) in [6.45, 7) is -0.00827. The van der Waals surface area contributed by atoms with Gasteiger partial charge in [-0.2, -0.15) is 0 Å². The van der Waals surface area contributed by atoms with E-state index < -0.39 is 52.9 Å². The largest absolute Gasteiger partial charge is 0.497 e. The van der Waals surface area contributed by atoms with Gasteiger partial charge in [0.2, 0.25) is 23.6 Å². The van der Waals surface area contributed by atoms with Crippen LogP contribution in [0.3, 0.4) is 0 Å². The highest BCUT2D eigenvalue weighted by Gasteiger charge is 2.70. The molecule has 4 atom stereocenters. The van der Waals surface area contributed by atoms with Crippen LogP contribution in [-0.2, 0) is 31.3 Å². The maximum atomic E-state index is 14.2. The number of hydrogen-bond acceptors (Lipinski definition) is 6. The van der Waals surface area contributed by atoms with E-state index in [1.54, 1.807) is 24.3 Å². The molecule has 0 unspecified atom stereocenters. The molecule has 2 aromatic rings. The Morgan fingerprint density at radius 1 is 1.15 bits per heavy atom. The van der Waals surface area contributed by atoms with E-state index in [-0.39, 0.29) is 18.5 Å². The number of carbonyl (C=O) groups excluding carboxylic acids is 4. The minimum atomic E-state index is -1.68. The lowest BCUT2D eigenvalue weighted by Crippen LogP contribution is -2.53. The fourth-order valence-corrected chi connectivity index (χ4v) is 5.29. The lowest BCUT2D eigenvalue weighted by molar-refractivity contribution is -0.143. The number of fused-ring (bicyclic) bond motifs is 4. The number of hydrogen-bond donors (Lipinski definition) is 3. The predicted octanol–water partition coefficient (Wildman–Crippen LogP) is 0.630. The zero-order valence-electron chi connectivity index (χ0n) is 17.6. The summed E-state index contributed by atoms with van der Waals surface area (Å²) < 4.78 is 19.3. The van der Waals surface area contributed by atoms with E-state index in [9.17, 15) is 23.6 Å². The molecule has 2 saturated heterocycles. The van der Waals surface area contributed by atoms with Crippen molar-refractivity contribution < 1.29 is 28.3 Å². The number of nitrogens with one attached hydrogen (secondary N) is 2. The third-order valence-corrected chi connectivity index (χ3v) is 6.69. The molecule has 0 aromatic heterocycles. The van der Waals surface area contributed by atoms with Crippen molar-refractivity contribution in [3.05, 3.63) is 59.4 Å². The zero-order valence-corrected chi connectivity index (χ0v) is 17.6. The number of nitrogens with zero attached hydrogens (tertiary/aromatic N) is 1. The number of likely N-dealkylation sites (tertiary alicyclic amines) is 1. The third kappa shape index (κ3) is 3.01. The van der Waals surface area contributed by atoms with Gasteiger partial charge in [-0.25, -0.2) is 4.39 Å². The maximum absolute atomic E-state index is 14.2. The molecule has 5 rings (SSSR count). The summed E-state index contributed by atoms with van der Waals surface area (Å²) >= 11 is 0. The van der Waals surface area contributed by atoms with Crippen molar-refractivity contribution in [1.82, 2.24) is 10.2 Å². The van der Waals surface area contributed by atoms with E-state index in [1.807, 2.05) is 0 Å². The normalized spacial score (nSPS) is 27.6. The molecule has 4 amide bonds. The smallest absolute Gasteiger partial charge is 0.250 e. The second-order valence-electron chi connectivity index (χ2n) is 8.49. The van der Waals surface area contributed by atoms with Crippen LogP contribution >= 0.6 is 0 Å². The molecule has 0 bridgehead atoms. The van der Waals surface area contributed by atoms with Gasteiger partial charge in [-0.1, -0.05) is 12.1 Å². The molecule has 0 radical (unpaired) electrons. The fraction of sp³-hybridized carbons (Fsp3) is 0.304. The van der Waals surface area contributed by atoms with Crippen LogP contribution < -0.4 is 21.1 Å². The molecule has 2 fully saturated rings. The Morgan fingerprint density at radius 2 is 1.88 bits per heavy atom. The Morgan fingerprint density at radius 3 is 2.55 bits per heavy atom. The summed E-state index contributed by atoms with van der Waals surface area (Å²) in [6.07, 6.45) is -0.254. The van der Waals surface area contributed by atoms with E-state index in [4.69, 9.17) is 10.5 Å². The van der Waals surface area contributed by atoms with Crippen LogP contribution in [0.1, 0.15) is 17.5 Å². The van der Waals surface area contributed by atoms with E-state index in [0.29, 0.717) is 17.0 Å². The molecular weight excluding hydrogens is 431 g/mol. The molecule has 3 heterocycles. The van der Waals surface area contributed by atoms with Crippen molar-refractivity contribution in [2.24, 2.45) is 17.6 Å².